The molecule has 2 heterocycles. The molecule has 1 saturated heterocycles. The Hall–Kier alpha value is -3.68. The van der Waals surface area contributed by atoms with Crippen molar-refractivity contribution < 1.29 is 65.4 Å². The van der Waals surface area contributed by atoms with Crippen LogP contribution in [0.3, 0.4) is 0 Å². The van der Waals surface area contributed by atoms with Crippen LogP contribution in [0, 0.1) is 11.8 Å². The van der Waals surface area contributed by atoms with E-state index in [-0.39, 0.29) is 68.9 Å². The van der Waals surface area contributed by atoms with E-state index in [0.717, 1.165) is 6.92 Å². The van der Waals surface area contributed by atoms with Crippen LogP contribution in [0.25, 0.3) is 0 Å². The SMILES string of the molecule is COCC(C)(C)OCCC(C)(C)OCCn1cc(COCCCS(=O)(=O)OCC(C)(O)C(=O)[C@H](CC(C)C)NC(=O)CNC(=O)[C@H](CC(C)C)NC(=O)CNC(=O)CN2CCOCC2)nn1. The van der Waals surface area contributed by atoms with Crippen molar-refractivity contribution in [1.29, 1.82) is 0 Å². The van der Waals surface area contributed by atoms with Crippen LogP contribution in [0.2, 0.25) is 0 Å². The fourth-order valence-corrected chi connectivity index (χ4v) is 7.57. The highest BCUT2D eigenvalue weighted by atomic mass is 32.2. The van der Waals surface area contributed by atoms with Crippen LogP contribution >= 0.6 is 0 Å². The minimum Gasteiger partial charge on any atom is -0.382 e. The molecule has 1 unspecified atom stereocenters. The van der Waals surface area contributed by atoms with Crippen LogP contribution in [-0.4, -0.2) is 184 Å². The van der Waals surface area contributed by atoms with Gasteiger partial charge in [0.2, 0.25) is 23.6 Å². The largest absolute Gasteiger partial charge is 0.382 e. The number of methoxy groups -OCH3 is 1. The van der Waals surface area contributed by atoms with Crippen LogP contribution < -0.4 is 21.3 Å². The molecule has 4 amide bonds. The highest BCUT2D eigenvalue weighted by molar-refractivity contribution is 7.86. The van der Waals surface area contributed by atoms with Gasteiger partial charge in [0.15, 0.2) is 5.78 Å². The van der Waals surface area contributed by atoms with Gasteiger partial charge in [-0.1, -0.05) is 32.9 Å². The Morgan fingerprint density at radius 1 is 0.833 bits per heavy atom. The number of nitrogens with one attached hydrogen (secondary N) is 4. The number of ether oxygens (including phenoxy) is 5. The summed E-state index contributed by atoms with van der Waals surface area (Å²) in [7, 11) is -2.56. The highest BCUT2D eigenvalue weighted by Crippen LogP contribution is 2.19. The average Bonchev–Trinajstić information content (AvgIpc) is 3.67. The molecule has 23 heteroatoms. The number of aliphatic hydroxyl groups is 1. The first-order valence-corrected chi connectivity index (χ1v) is 24.2. The van der Waals surface area contributed by atoms with E-state index in [1.54, 1.807) is 31.8 Å². The molecule has 380 valence electrons. The topological polar surface area (TPSA) is 277 Å². The lowest BCUT2D eigenvalue weighted by atomic mass is 9.90. The van der Waals surface area contributed by atoms with Gasteiger partial charge in [-0.2, -0.15) is 8.42 Å². The first-order valence-electron chi connectivity index (χ1n) is 22.6. The summed E-state index contributed by atoms with van der Waals surface area (Å²) < 4.78 is 60.1. The lowest BCUT2D eigenvalue weighted by molar-refractivity contribution is -0.143. The van der Waals surface area contributed by atoms with Crippen molar-refractivity contribution >= 4 is 39.5 Å². The molecule has 5 N–H and O–H groups in total. The minimum absolute atomic E-state index is 0.0206. The van der Waals surface area contributed by atoms with E-state index in [0.29, 0.717) is 64.8 Å². The Morgan fingerprint density at radius 2 is 1.44 bits per heavy atom. The number of carbonyl (C=O) groups is 5. The van der Waals surface area contributed by atoms with E-state index in [2.05, 4.69) is 31.6 Å². The number of hydrogen-bond donors (Lipinski definition) is 5. The summed E-state index contributed by atoms with van der Waals surface area (Å²) in [6, 6.07) is -2.27. The van der Waals surface area contributed by atoms with E-state index in [1.807, 2.05) is 46.4 Å². The van der Waals surface area contributed by atoms with Crippen LogP contribution in [0.15, 0.2) is 6.20 Å². The molecule has 0 radical (unpaired) electrons. The molecule has 0 saturated carbocycles. The van der Waals surface area contributed by atoms with E-state index in [9.17, 15) is 37.5 Å². The predicted octanol–water partition coefficient (Wildman–Crippen LogP) is 0.105. The van der Waals surface area contributed by atoms with Gasteiger partial charge < -0.3 is 50.1 Å². The Kier molecular flexibility index (Phi) is 25.3. The summed E-state index contributed by atoms with van der Waals surface area (Å²) >= 11 is 0. The van der Waals surface area contributed by atoms with Gasteiger partial charge in [0.1, 0.15) is 23.9 Å². The van der Waals surface area contributed by atoms with Crippen molar-refractivity contribution in [1.82, 2.24) is 41.2 Å². The van der Waals surface area contributed by atoms with Crippen LogP contribution in [0.5, 0.6) is 0 Å². The van der Waals surface area contributed by atoms with Crippen molar-refractivity contribution in [2.24, 2.45) is 11.8 Å². The van der Waals surface area contributed by atoms with Gasteiger partial charge in [0.25, 0.3) is 10.1 Å². The van der Waals surface area contributed by atoms with Crippen molar-refractivity contribution in [3.05, 3.63) is 11.9 Å². The number of aromatic nitrogens is 3. The molecule has 66 heavy (non-hydrogen) atoms. The van der Waals surface area contributed by atoms with Crippen LogP contribution in [0.4, 0.5) is 0 Å². The average molecular weight is 963 g/mol. The molecular weight excluding hydrogens is 885 g/mol. The summed E-state index contributed by atoms with van der Waals surface area (Å²) in [6.45, 7) is 18.8. The maximum absolute atomic E-state index is 13.5. The fraction of sp³-hybridized carbons (Fsp3) is 0.837. The predicted molar refractivity (Wildman–Crippen MR) is 242 cm³/mol. The third kappa shape index (κ3) is 24.9. The molecule has 1 aromatic rings. The number of hydrogen-bond acceptors (Lipinski definition) is 17. The number of carbonyl (C=O) groups excluding carboxylic acids is 5. The quantitative estimate of drug-likeness (QED) is 0.0453. The number of ketones is 1. The summed E-state index contributed by atoms with van der Waals surface area (Å²) in [5.74, 6) is -3.84. The third-order valence-electron chi connectivity index (χ3n) is 10.1. The molecule has 2 rings (SSSR count). The molecule has 3 atom stereocenters. The number of rotatable bonds is 34. The second-order valence-electron chi connectivity index (χ2n) is 18.8. The Morgan fingerprint density at radius 3 is 2.08 bits per heavy atom. The molecule has 22 nitrogen and oxygen atoms in total. The normalized spacial score (nSPS) is 15.8. The van der Waals surface area contributed by atoms with Gasteiger partial charge in [0.05, 0.1) is 95.0 Å². The van der Waals surface area contributed by atoms with Crippen molar-refractivity contribution in [3.63, 3.8) is 0 Å². The van der Waals surface area contributed by atoms with Crippen molar-refractivity contribution in [2.75, 3.05) is 91.8 Å². The maximum atomic E-state index is 13.5. The van der Waals surface area contributed by atoms with Crippen LogP contribution in [0.1, 0.15) is 93.7 Å². The standard InChI is InChI=1S/C43H78N8O14S/c1-31(2)22-34(46-37(53)25-45-40(56)35(23-32(3)4)47-36(52)24-44-38(54)27-50-13-18-61-19-14-50)39(55)43(9,57)30-65-66(58,59)21-11-16-62-28-33-26-51(49-48-33)15-20-64-41(5,6)12-17-63-42(7,8)29-60-10/h26,31-32,34-35,57H,11-25,27-30H2,1-10H3,(H,44,54)(H,45,56)(H,46,53)(H,47,52)/t34-,35-,43?/m0/s1. The number of nitrogens with zero attached hydrogens (tertiary/aromatic N) is 4. The second kappa shape index (κ2) is 28.6. The second-order valence-corrected chi connectivity index (χ2v) is 20.6. The summed E-state index contributed by atoms with van der Waals surface area (Å²) in [6.07, 6.45) is 2.77. The zero-order valence-corrected chi connectivity index (χ0v) is 41.6. The lowest BCUT2D eigenvalue weighted by Gasteiger charge is -2.29. The molecule has 1 aliphatic heterocycles. The Balaban J connectivity index is 1.78. The first-order chi connectivity index (χ1) is 30.8. The number of morpholine rings is 1. The van der Waals surface area contributed by atoms with Gasteiger partial charge in [-0.3, -0.25) is 33.1 Å². The molecule has 0 spiro atoms. The van der Waals surface area contributed by atoms with E-state index < -0.39 is 75.8 Å². The number of amides is 4. The van der Waals surface area contributed by atoms with Crippen LogP contribution in [-0.2, 0) is 75.1 Å². The molecule has 0 aromatic carbocycles. The smallest absolute Gasteiger partial charge is 0.267 e. The molecule has 1 fully saturated rings. The third-order valence-corrected chi connectivity index (χ3v) is 11.4. The van der Waals surface area contributed by atoms with Gasteiger partial charge in [-0.15, -0.1) is 5.10 Å². The Bertz CT molecular complexity index is 1770. The summed E-state index contributed by atoms with van der Waals surface area (Å²) in [5.41, 5.74) is -2.58. The van der Waals surface area contributed by atoms with Gasteiger partial charge >= 0.3 is 0 Å². The monoisotopic (exact) mass is 963 g/mol. The zero-order valence-electron chi connectivity index (χ0n) is 40.8. The first kappa shape index (κ1) is 58.4. The fourth-order valence-electron chi connectivity index (χ4n) is 6.57. The minimum atomic E-state index is -4.20. The number of Topliss-reactive ketones (excluding diaryl/α,β-unsaturated/α-hetero) is 1. The Labute approximate surface area is 390 Å². The molecular formula is C43H78N8O14S. The summed E-state index contributed by atoms with van der Waals surface area (Å²) in [4.78, 5) is 66.6. The molecule has 1 aromatic heterocycles. The van der Waals surface area contributed by atoms with Gasteiger partial charge in [-0.05, 0) is 72.1 Å². The highest BCUT2D eigenvalue weighted by Gasteiger charge is 2.39. The maximum Gasteiger partial charge on any atom is 0.267 e. The zero-order chi connectivity index (χ0) is 49.6. The van der Waals surface area contributed by atoms with Gasteiger partial charge in [-0.25, -0.2) is 4.68 Å². The van der Waals surface area contributed by atoms with E-state index in [4.69, 9.17) is 27.9 Å². The van der Waals surface area contributed by atoms with Crippen molar-refractivity contribution in [3.8, 4) is 0 Å². The molecule has 0 bridgehead atoms. The van der Waals surface area contributed by atoms with Gasteiger partial charge in [0, 0.05) is 26.8 Å². The van der Waals surface area contributed by atoms with Crippen molar-refractivity contribution in [2.45, 2.75) is 130 Å². The lowest BCUT2D eigenvalue weighted by Crippen LogP contribution is -2.56. The summed E-state index contributed by atoms with van der Waals surface area (Å²) in [5, 5.41) is 29.4. The molecule has 1 aliphatic rings. The van der Waals surface area contributed by atoms with E-state index >= 15 is 0 Å². The molecule has 0 aliphatic carbocycles. The van der Waals surface area contributed by atoms with E-state index in [1.165, 1.54) is 0 Å².